The molecule has 1 saturated heterocycles. The molecule has 190 valence electrons. The first-order valence-corrected chi connectivity index (χ1v) is 14.0. The Morgan fingerprint density at radius 2 is 1.69 bits per heavy atom. The number of piperidine rings is 1. The zero-order valence-corrected chi connectivity index (χ0v) is 22.5. The molecule has 0 saturated carbocycles. The Kier molecular flexibility index (Phi) is 7.37. The van der Waals surface area contributed by atoms with E-state index in [1.807, 2.05) is 0 Å². The summed E-state index contributed by atoms with van der Waals surface area (Å²) in [5, 5.41) is 12.5. The third kappa shape index (κ3) is 5.17. The van der Waals surface area contributed by atoms with Crippen molar-refractivity contribution in [1.29, 1.82) is 0 Å². The summed E-state index contributed by atoms with van der Waals surface area (Å²) in [6, 6.07) is 17.8. The Balaban J connectivity index is 1.18. The molecule has 1 aliphatic heterocycles. The number of aliphatic hydroxyl groups is 1. The fourth-order valence-electron chi connectivity index (χ4n) is 6.44. The summed E-state index contributed by atoms with van der Waals surface area (Å²) in [6.07, 6.45) is 16.5. The van der Waals surface area contributed by atoms with E-state index in [1.54, 1.807) is 0 Å². The van der Waals surface area contributed by atoms with Crippen molar-refractivity contribution in [2.75, 3.05) is 19.6 Å². The predicted molar refractivity (Wildman–Crippen MR) is 151 cm³/mol. The molecule has 0 radical (unpaired) electrons. The largest absolute Gasteiger partial charge is 0.380 e. The lowest BCUT2D eigenvalue weighted by atomic mass is 9.68. The Labute approximate surface area is 218 Å². The van der Waals surface area contributed by atoms with Gasteiger partial charge in [0.1, 0.15) is 5.60 Å². The maximum absolute atomic E-state index is 12.5. The molecule has 2 nitrogen and oxygen atoms in total. The first kappa shape index (κ1) is 25.2. The van der Waals surface area contributed by atoms with Gasteiger partial charge >= 0.3 is 0 Å². The number of nitrogens with zero attached hydrogens (tertiary/aromatic N) is 1. The van der Waals surface area contributed by atoms with Crippen LogP contribution in [0.15, 0.2) is 84.0 Å². The number of unbranched alkanes of at least 4 members (excludes halogenated alkanes) is 1. The van der Waals surface area contributed by atoms with E-state index in [9.17, 15) is 5.11 Å². The minimum absolute atomic E-state index is 0.221. The number of hydrogen-bond acceptors (Lipinski definition) is 2. The standard InChI is InChI=1S/C34H43NO/c1-33(2,3)29-19-15-26(16-20-29)10-8-9-23-35-24-21-30(22-25-35)34(36)31-13-6-4-11-27(31)17-18-28-12-5-7-14-32(28)34/h4-7,11,13-16,18-20,30,36H,8-10,12,17,21-25H2,1-3H3. The molecule has 3 aliphatic rings. The summed E-state index contributed by atoms with van der Waals surface area (Å²) >= 11 is 0. The van der Waals surface area contributed by atoms with Gasteiger partial charge in [0.15, 0.2) is 0 Å². The second-order valence-corrected chi connectivity index (χ2v) is 12.1. The molecule has 2 aliphatic carbocycles. The van der Waals surface area contributed by atoms with Crippen molar-refractivity contribution < 1.29 is 5.11 Å². The van der Waals surface area contributed by atoms with Gasteiger partial charge in [-0.1, -0.05) is 93.6 Å². The Bertz CT molecular complexity index is 1140. The van der Waals surface area contributed by atoms with E-state index >= 15 is 0 Å². The van der Waals surface area contributed by atoms with Crippen molar-refractivity contribution in [2.24, 2.45) is 5.92 Å². The molecular weight excluding hydrogens is 438 g/mol. The maximum Gasteiger partial charge on any atom is 0.118 e. The lowest BCUT2D eigenvalue weighted by Gasteiger charge is -2.44. The summed E-state index contributed by atoms with van der Waals surface area (Å²) < 4.78 is 0. The average Bonchev–Trinajstić information content (AvgIpc) is 3.02. The molecule has 36 heavy (non-hydrogen) atoms. The van der Waals surface area contributed by atoms with E-state index in [4.69, 9.17) is 0 Å². The number of fused-ring (bicyclic) bond motifs is 2. The second kappa shape index (κ2) is 10.5. The van der Waals surface area contributed by atoms with Crippen LogP contribution in [0.2, 0.25) is 0 Å². The third-order valence-corrected chi connectivity index (χ3v) is 8.68. The van der Waals surface area contributed by atoms with Crippen LogP contribution in [0.4, 0.5) is 0 Å². The van der Waals surface area contributed by atoms with Crippen LogP contribution in [-0.4, -0.2) is 29.6 Å². The minimum atomic E-state index is -0.880. The molecule has 5 rings (SSSR count). The summed E-state index contributed by atoms with van der Waals surface area (Å²) in [7, 11) is 0. The van der Waals surface area contributed by atoms with Crippen LogP contribution in [0.25, 0.3) is 0 Å². The van der Waals surface area contributed by atoms with Crippen LogP contribution in [0.3, 0.4) is 0 Å². The van der Waals surface area contributed by atoms with Gasteiger partial charge in [0.25, 0.3) is 0 Å². The zero-order chi connectivity index (χ0) is 25.2. The van der Waals surface area contributed by atoms with E-state index in [0.717, 1.165) is 56.3 Å². The summed E-state index contributed by atoms with van der Waals surface area (Å²) in [5.74, 6) is 0.260. The van der Waals surface area contributed by atoms with E-state index < -0.39 is 5.60 Å². The van der Waals surface area contributed by atoms with Crippen LogP contribution >= 0.6 is 0 Å². The van der Waals surface area contributed by atoms with E-state index in [2.05, 4.69) is 98.5 Å². The molecular formula is C34H43NO. The van der Waals surface area contributed by atoms with E-state index in [0.29, 0.717) is 0 Å². The second-order valence-electron chi connectivity index (χ2n) is 12.1. The summed E-state index contributed by atoms with van der Waals surface area (Å²) in [6.45, 7) is 10.2. The highest BCUT2D eigenvalue weighted by Gasteiger charge is 2.45. The summed E-state index contributed by atoms with van der Waals surface area (Å²) in [4.78, 5) is 2.62. The Morgan fingerprint density at radius 3 is 2.44 bits per heavy atom. The van der Waals surface area contributed by atoms with Crippen LogP contribution in [0.5, 0.6) is 0 Å². The van der Waals surface area contributed by atoms with Gasteiger partial charge in [-0.2, -0.15) is 0 Å². The lowest BCUT2D eigenvalue weighted by molar-refractivity contribution is -0.0163. The van der Waals surface area contributed by atoms with Crippen LogP contribution in [-0.2, 0) is 23.9 Å². The summed E-state index contributed by atoms with van der Waals surface area (Å²) in [5.41, 5.74) is 7.08. The lowest BCUT2D eigenvalue weighted by Crippen LogP contribution is -2.45. The van der Waals surface area contributed by atoms with Crippen LogP contribution in [0, 0.1) is 5.92 Å². The smallest absolute Gasteiger partial charge is 0.118 e. The molecule has 0 aromatic heterocycles. The van der Waals surface area contributed by atoms with E-state index in [1.165, 1.54) is 41.6 Å². The van der Waals surface area contributed by atoms with Gasteiger partial charge in [-0.25, -0.2) is 0 Å². The quantitative estimate of drug-likeness (QED) is 0.438. The number of likely N-dealkylation sites (tertiary alicyclic amines) is 1. The molecule has 2 aromatic carbocycles. The first-order chi connectivity index (χ1) is 17.4. The highest BCUT2D eigenvalue weighted by molar-refractivity contribution is 5.54. The normalized spacial score (nSPS) is 22.9. The number of allylic oxidation sites excluding steroid dienone is 4. The predicted octanol–water partition coefficient (Wildman–Crippen LogP) is 7.28. The number of hydrogen-bond donors (Lipinski definition) is 1. The molecule has 2 heteroatoms. The molecule has 1 atom stereocenters. The van der Waals surface area contributed by atoms with Gasteiger partial charge < -0.3 is 10.0 Å². The van der Waals surface area contributed by atoms with Crippen molar-refractivity contribution in [3.63, 3.8) is 0 Å². The highest BCUT2D eigenvalue weighted by Crippen LogP contribution is 2.48. The molecule has 2 aromatic rings. The van der Waals surface area contributed by atoms with Gasteiger partial charge in [-0.15, -0.1) is 0 Å². The fraction of sp³-hybridized carbons (Fsp3) is 0.471. The van der Waals surface area contributed by atoms with Gasteiger partial charge in [0.2, 0.25) is 0 Å². The van der Waals surface area contributed by atoms with E-state index in [-0.39, 0.29) is 11.3 Å². The monoisotopic (exact) mass is 481 g/mol. The fourth-order valence-corrected chi connectivity index (χ4v) is 6.44. The van der Waals surface area contributed by atoms with Crippen molar-refractivity contribution in [3.8, 4) is 0 Å². The maximum atomic E-state index is 12.5. The van der Waals surface area contributed by atoms with Crippen molar-refractivity contribution in [1.82, 2.24) is 4.90 Å². The molecule has 0 amide bonds. The number of rotatable bonds is 6. The minimum Gasteiger partial charge on any atom is -0.380 e. The first-order valence-electron chi connectivity index (χ1n) is 14.0. The van der Waals surface area contributed by atoms with Crippen LogP contribution < -0.4 is 0 Å². The molecule has 1 heterocycles. The molecule has 0 bridgehead atoms. The van der Waals surface area contributed by atoms with Crippen molar-refractivity contribution in [3.05, 3.63) is 106 Å². The highest BCUT2D eigenvalue weighted by atomic mass is 16.3. The zero-order valence-electron chi connectivity index (χ0n) is 22.5. The van der Waals surface area contributed by atoms with Crippen LogP contribution in [0.1, 0.15) is 75.1 Å². The average molecular weight is 482 g/mol. The Morgan fingerprint density at radius 1 is 0.944 bits per heavy atom. The van der Waals surface area contributed by atoms with Gasteiger partial charge in [0.05, 0.1) is 0 Å². The Hall–Kier alpha value is -2.42. The third-order valence-electron chi connectivity index (χ3n) is 8.68. The number of benzene rings is 2. The van der Waals surface area contributed by atoms with Gasteiger partial charge in [-0.3, -0.25) is 0 Å². The topological polar surface area (TPSA) is 23.5 Å². The van der Waals surface area contributed by atoms with Crippen molar-refractivity contribution >= 4 is 0 Å². The van der Waals surface area contributed by atoms with Gasteiger partial charge in [-0.05, 0) is 109 Å². The number of aryl methyl sites for hydroxylation is 1. The molecule has 1 N–H and O–H groups in total. The SMILES string of the molecule is CC(C)(C)c1ccc(CCCCN2CCC(C3(O)C4=CC=CCC4=CCc4ccccc43)CC2)cc1. The van der Waals surface area contributed by atoms with Crippen molar-refractivity contribution in [2.45, 2.75) is 76.7 Å². The molecule has 0 spiro atoms. The molecule has 1 fully saturated rings. The molecule has 1 unspecified atom stereocenters. The van der Waals surface area contributed by atoms with Gasteiger partial charge in [0, 0.05) is 0 Å².